The Balaban J connectivity index is 1.54. The van der Waals surface area contributed by atoms with Crippen molar-refractivity contribution in [2.45, 2.75) is 58.6 Å². The highest BCUT2D eigenvalue weighted by atomic mass is 35.5. The van der Waals surface area contributed by atoms with E-state index in [1.807, 2.05) is 4.90 Å². The number of ether oxygens (including phenoxy) is 1. The van der Waals surface area contributed by atoms with Crippen LogP contribution in [0, 0.1) is 17.8 Å². The van der Waals surface area contributed by atoms with Crippen molar-refractivity contribution in [2.24, 2.45) is 17.8 Å². The molecule has 5 atom stereocenters. The number of esters is 1. The molecule has 158 valence electrons. The summed E-state index contributed by atoms with van der Waals surface area (Å²) in [6.45, 7) is 6.28. The summed E-state index contributed by atoms with van der Waals surface area (Å²) in [4.78, 5) is 43.2. The summed E-state index contributed by atoms with van der Waals surface area (Å²) in [6.07, 6.45) is 3.83. The zero-order valence-corrected chi connectivity index (χ0v) is 17.8. The molecule has 7 nitrogen and oxygen atoms in total. The van der Waals surface area contributed by atoms with Crippen LogP contribution in [0.5, 0.6) is 0 Å². The molecule has 2 aliphatic rings. The van der Waals surface area contributed by atoms with Gasteiger partial charge in [0.2, 0.25) is 5.91 Å². The van der Waals surface area contributed by atoms with Gasteiger partial charge in [0.05, 0.1) is 10.9 Å². The van der Waals surface area contributed by atoms with E-state index < -0.39 is 23.9 Å². The van der Waals surface area contributed by atoms with Crippen LogP contribution in [-0.2, 0) is 19.1 Å². The molecule has 1 saturated carbocycles. The van der Waals surface area contributed by atoms with Crippen LogP contribution in [0.15, 0.2) is 18.3 Å². The Bertz CT molecular complexity index is 770. The van der Waals surface area contributed by atoms with Gasteiger partial charge in [0.15, 0.2) is 6.10 Å². The molecule has 2 heterocycles. The maximum atomic E-state index is 12.6. The fourth-order valence-electron chi connectivity index (χ4n) is 4.21. The molecule has 2 fully saturated rings. The van der Waals surface area contributed by atoms with E-state index in [2.05, 4.69) is 24.1 Å². The van der Waals surface area contributed by atoms with Gasteiger partial charge in [-0.2, -0.15) is 0 Å². The van der Waals surface area contributed by atoms with Gasteiger partial charge in [-0.3, -0.25) is 14.4 Å². The van der Waals surface area contributed by atoms with Crippen molar-refractivity contribution in [3.05, 3.63) is 23.4 Å². The van der Waals surface area contributed by atoms with Crippen LogP contribution in [0.4, 0.5) is 5.82 Å². The zero-order chi connectivity index (χ0) is 21.1. The summed E-state index contributed by atoms with van der Waals surface area (Å²) in [5.41, 5.74) is 0. The predicted octanol–water partition coefficient (Wildman–Crippen LogP) is 3.28. The molecule has 0 aromatic carbocycles. The fourth-order valence-corrected chi connectivity index (χ4v) is 4.32. The third kappa shape index (κ3) is 5.07. The van der Waals surface area contributed by atoms with Gasteiger partial charge in [0.1, 0.15) is 5.82 Å². The van der Waals surface area contributed by atoms with Crippen molar-refractivity contribution in [1.82, 2.24) is 9.88 Å². The zero-order valence-electron chi connectivity index (χ0n) is 17.1. The summed E-state index contributed by atoms with van der Waals surface area (Å²) >= 11 is 5.77. The van der Waals surface area contributed by atoms with E-state index in [4.69, 9.17) is 16.3 Å². The lowest BCUT2D eigenvalue weighted by atomic mass is 9.77. The number of anilines is 1. The second kappa shape index (κ2) is 9.11. The van der Waals surface area contributed by atoms with Gasteiger partial charge in [-0.15, -0.1) is 0 Å². The number of halogens is 1. The number of amides is 2. The third-order valence-corrected chi connectivity index (χ3v) is 6.42. The van der Waals surface area contributed by atoms with Crippen LogP contribution in [0.2, 0.25) is 5.02 Å². The van der Waals surface area contributed by atoms with Crippen molar-refractivity contribution >= 4 is 35.2 Å². The van der Waals surface area contributed by atoms with Gasteiger partial charge in [0, 0.05) is 25.2 Å². The number of carbonyl (C=O) groups excluding carboxylic acids is 3. The molecule has 29 heavy (non-hydrogen) atoms. The predicted molar refractivity (Wildman–Crippen MR) is 109 cm³/mol. The van der Waals surface area contributed by atoms with Gasteiger partial charge in [-0.25, -0.2) is 4.98 Å². The molecule has 1 aromatic heterocycles. The van der Waals surface area contributed by atoms with Crippen LogP contribution < -0.4 is 5.32 Å². The Hall–Kier alpha value is -2.15. The molecular weight excluding hydrogens is 394 g/mol. The van der Waals surface area contributed by atoms with Crippen LogP contribution in [0.1, 0.15) is 46.5 Å². The number of likely N-dealkylation sites (tertiary alicyclic amines) is 1. The molecule has 1 aliphatic heterocycles. The van der Waals surface area contributed by atoms with Gasteiger partial charge in [-0.1, -0.05) is 38.3 Å². The van der Waals surface area contributed by atoms with E-state index in [1.165, 1.54) is 19.5 Å². The number of hydrogen-bond acceptors (Lipinski definition) is 5. The summed E-state index contributed by atoms with van der Waals surface area (Å²) in [5, 5.41) is 3.04. The van der Waals surface area contributed by atoms with Crippen molar-refractivity contribution in [2.75, 3.05) is 11.9 Å². The Morgan fingerprint density at radius 1 is 1.31 bits per heavy atom. The minimum absolute atomic E-state index is 0.000342. The first kappa shape index (κ1) is 21.6. The number of aromatic nitrogens is 1. The second-order valence-corrected chi connectivity index (χ2v) is 8.65. The molecule has 0 unspecified atom stereocenters. The molecule has 1 saturated heterocycles. The highest BCUT2D eigenvalue weighted by Gasteiger charge is 2.42. The number of nitrogens with zero attached hydrogens (tertiary/aromatic N) is 2. The van der Waals surface area contributed by atoms with Crippen LogP contribution in [0.25, 0.3) is 0 Å². The largest absolute Gasteiger partial charge is 0.452 e. The van der Waals surface area contributed by atoms with E-state index >= 15 is 0 Å². The minimum Gasteiger partial charge on any atom is -0.452 e. The third-order valence-electron chi connectivity index (χ3n) is 6.20. The van der Waals surface area contributed by atoms with Crippen molar-refractivity contribution in [3.8, 4) is 0 Å². The number of pyridine rings is 1. The number of nitrogens with one attached hydrogen (secondary N) is 1. The first-order valence-corrected chi connectivity index (χ1v) is 10.6. The Morgan fingerprint density at radius 3 is 2.76 bits per heavy atom. The number of rotatable bonds is 5. The fraction of sp³-hybridized carbons (Fsp3) is 0.619. The maximum absolute atomic E-state index is 12.6. The lowest BCUT2D eigenvalue weighted by Crippen LogP contribution is -2.45. The molecule has 3 rings (SSSR count). The van der Waals surface area contributed by atoms with E-state index in [1.54, 1.807) is 12.1 Å². The standard InChI is InChI=1S/C21H28ClN3O4/c1-12-5-4-6-17(13(12)2)25-11-15(9-19(25)26)21(28)29-14(3)20(27)24-18-8-7-16(22)10-23-18/h7-8,10,12-15,17H,4-6,9,11H2,1-3H3,(H,23,24,27)/t12-,13+,14-,15+,17+/m0/s1. The molecule has 0 spiro atoms. The second-order valence-electron chi connectivity index (χ2n) is 8.21. The molecule has 0 radical (unpaired) electrons. The van der Waals surface area contributed by atoms with Gasteiger partial charge in [-0.05, 0) is 37.3 Å². The number of hydrogen-bond donors (Lipinski definition) is 1. The Morgan fingerprint density at radius 2 is 2.07 bits per heavy atom. The van der Waals surface area contributed by atoms with Crippen LogP contribution >= 0.6 is 11.6 Å². The first-order valence-electron chi connectivity index (χ1n) is 10.2. The van der Waals surface area contributed by atoms with E-state index in [9.17, 15) is 14.4 Å². The SMILES string of the molecule is C[C@H]1[C@H](N2C[C@H](C(=O)O[C@@H](C)C(=O)Nc3ccc(Cl)cn3)CC2=O)CCC[C@@H]1C. The lowest BCUT2D eigenvalue weighted by molar-refractivity contribution is -0.157. The van der Waals surface area contributed by atoms with Gasteiger partial charge < -0.3 is 15.0 Å². The van der Waals surface area contributed by atoms with Crippen LogP contribution in [-0.4, -0.2) is 46.4 Å². The summed E-state index contributed by atoms with van der Waals surface area (Å²) < 4.78 is 5.34. The maximum Gasteiger partial charge on any atom is 0.312 e. The summed E-state index contributed by atoms with van der Waals surface area (Å²) in [7, 11) is 0. The monoisotopic (exact) mass is 421 g/mol. The van der Waals surface area contributed by atoms with E-state index in [0.29, 0.717) is 29.2 Å². The summed E-state index contributed by atoms with van der Waals surface area (Å²) in [6, 6.07) is 3.35. The molecule has 1 aliphatic carbocycles. The molecule has 0 bridgehead atoms. The minimum atomic E-state index is -0.988. The molecule has 1 N–H and O–H groups in total. The Labute approximate surface area is 176 Å². The van der Waals surface area contributed by atoms with E-state index in [0.717, 1.165) is 12.8 Å². The Kier molecular flexibility index (Phi) is 6.77. The first-order chi connectivity index (χ1) is 13.8. The van der Waals surface area contributed by atoms with Gasteiger partial charge in [0.25, 0.3) is 5.91 Å². The highest BCUT2D eigenvalue weighted by Crippen LogP contribution is 2.36. The van der Waals surface area contributed by atoms with Gasteiger partial charge >= 0.3 is 5.97 Å². The molecule has 2 amide bonds. The molecule has 8 heteroatoms. The smallest absolute Gasteiger partial charge is 0.312 e. The average molecular weight is 422 g/mol. The molecular formula is C21H28ClN3O4. The average Bonchev–Trinajstić information content (AvgIpc) is 3.07. The lowest BCUT2D eigenvalue weighted by Gasteiger charge is -2.39. The van der Waals surface area contributed by atoms with Crippen LogP contribution in [0.3, 0.4) is 0 Å². The molecule has 1 aromatic rings. The quantitative estimate of drug-likeness (QED) is 0.737. The van der Waals surface area contributed by atoms with Crippen molar-refractivity contribution in [3.63, 3.8) is 0 Å². The highest BCUT2D eigenvalue weighted by molar-refractivity contribution is 6.30. The normalized spacial score (nSPS) is 28.1. The number of carbonyl (C=O) groups is 3. The topological polar surface area (TPSA) is 88.6 Å². The van der Waals surface area contributed by atoms with E-state index in [-0.39, 0.29) is 18.4 Å². The van der Waals surface area contributed by atoms with Crippen molar-refractivity contribution in [1.29, 1.82) is 0 Å². The van der Waals surface area contributed by atoms with Crippen molar-refractivity contribution < 1.29 is 19.1 Å². The summed E-state index contributed by atoms with van der Waals surface area (Å²) in [5.74, 6) is -0.217.